The highest BCUT2D eigenvalue weighted by Gasteiger charge is 2.13. The summed E-state index contributed by atoms with van der Waals surface area (Å²) in [5.41, 5.74) is 4.33. The van der Waals surface area contributed by atoms with E-state index in [0.29, 0.717) is 52.9 Å². The molecule has 0 spiro atoms. The molecule has 3 aromatic rings. The lowest BCUT2D eigenvalue weighted by Gasteiger charge is -2.15. The van der Waals surface area contributed by atoms with Crippen LogP contribution in [-0.2, 0) is 6.61 Å². The van der Waals surface area contributed by atoms with Crippen LogP contribution >= 0.6 is 22.6 Å². The topological polar surface area (TPSA) is 78.4 Å². The minimum absolute atomic E-state index is 0.197. The second-order valence-electron chi connectivity index (χ2n) is 7.59. The summed E-state index contributed by atoms with van der Waals surface area (Å²) in [5.74, 6) is 1.44. The highest BCUT2D eigenvalue weighted by Crippen LogP contribution is 2.34. The van der Waals surface area contributed by atoms with Gasteiger partial charge in [-0.25, -0.2) is 9.82 Å². The minimum atomic E-state index is -0.388. The Morgan fingerprint density at radius 1 is 1.03 bits per heavy atom. The smallest absolute Gasteiger partial charge is 0.271 e. The Labute approximate surface area is 223 Å². The van der Waals surface area contributed by atoms with Gasteiger partial charge in [0.15, 0.2) is 23.0 Å². The molecule has 0 saturated carbocycles. The van der Waals surface area contributed by atoms with Crippen molar-refractivity contribution in [3.05, 3.63) is 80.7 Å². The molecule has 3 rings (SSSR count). The summed E-state index contributed by atoms with van der Waals surface area (Å²) in [5, 5.41) is 4.08. The molecular weight excluding hydrogens is 578 g/mol. The second-order valence-corrected chi connectivity index (χ2v) is 8.76. The van der Waals surface area contributed by atoms with E-state index in [-0.39, 0.29) is 18.3 Å². The van der Waals surface area contributed by atoms with Gasteiger partial charge in [-0.3, -0.25) is 4.79 Å². The fourth-order valence-corrected chi connectivity index (χ4v) is 4.00. The number of amides is 1. The number of benzene rings is 3. The van der Waals surface area contributed by atoms with Gasteiger partial charge in [0.25, 0.3) is 5.91 Å². The summed E-state index contributed by atoms with van der Waals surface area (Å²) in [6.45, 7) is 5.07. The molecule has 1 amide bonds. The van der Waals surface area contributed by atoms with Crippen molar-refractivity contribution in [1.82, 2.24) is 5.43 Å². The Kier molecular flexibility index (Phi) is 10.3. The molecule has 0 aromatic heterocycles. The summed E-state index contributed by atoms with van der Waals surface area (Å²) in [6.07, 6.45) is 2.39. The predicted octanol–water partition coefficient (Wildman–Crippen LogP) is 5.97. The fourth-order valence-electron chi connectivity index (χ4n) is 3.22. The van der Waals surface area contributed by atoms with Crippen LogP contribution in [0.25, 0.3) is 0 Å². The molecular formula is C27H28FIN2O5. The zero-order valence-electron chi connectivity index (χ0n) is 20.3. The molecule has 1 N–H and O–H groups in total. The van der Waals surface area contributed by atoms with Crippen LogP contribution in [0.1, 0.15) is 41.8 Å². The summed E-state index contributed by atoms with van der Waals surface area (Å²) in [7, 11) is 1.52. The monoisotopic (exact) mass is 606 g/mol. The number of carbonyl (C=O) groups excluding carboxylic acids is 1. The van der Waals surface area contributed by atoms with Gasteiger partial charge in [0.05, 0.1) is 30.1 Å². The lowest BCUT2D eigenvalue weighted by Crippen LogP contribution is -2.17. The van der Waals surface area contributed by atoms with Gasteiger partial charge in [-0.1, -0.05) is 19.1 Å². The van der Waals surface area contributed by atoms with Crippen LogP contribution in [0.4, 0.5) is 4.39 Å². The summed E-state index contributed by atoms with van der Waals surface area (Å²) >= 11 is 2.14. The van der Waals surface area contributed by atoms with Gasteiger partial charge < -0.3 is 18.9 Å². The first-order valence-electron chi connectivity index (χ1n) is 11.4. The number of ether oxygens (including phenoxy) is 4. The quantitative estimate of drug-likeness (QED) is 0.156. The van der Waals surface area contributed by atoms with E-state index in [4.69, 9.17) is 18.9 Å². The van der Waals surface area contributed by atoms with E-state index in [2.05, 4.69) is 33.1 Å². The van der Waals surface area contributed by atoms with E-state index in [0.717, 1.165) is 9.99 Å². The number of rotatable bonds is 12. The van der Waals surface area contributed by atoms with Crippen LogP contribution in [0.15, 0.2) is 59.7 Å². The first kappa shape index (κ1) is 27.3. The van der Waals surface area contributed by atoms with Crippen molar-refractivity contribution in [2.45, 2.75) is 26.9 Å². The van der Waals surface area contributed by atoms with Crippen LogP contribution < -0.4 is 24.4 Å². The van der Waals surface area contributed by atoms with Crippen molar-refractivity contribution in [3.8, 4) is 23.0 Å². The third-order valence-electron chi connectivity index (χ3n) is 4.87. The molecule has 0 bridgehead atoms. The maximum atomic E-state index is 13.5. The number of nitrogens with one attached hydrogen (secondary N) is 1. The van der Waals surface area contributed by atoms with Gasteiger partial charge >= 0.3 is 0 Å². The maximum Gasteiger partial charge on any atom is 0.271 e. The molecule has 36 heavy (non-hydrogen) atoms. The highest BCUT2D eigenvalue weighted by molar-refractivity contribution is 14.1. The van der Waals surface area contributed by atoms with Crippen LogP contribution in [0, 0.1) is 9.39 Å². The van der Waals surface area contributed by atoms with Crippen molar-refractivity contribution in [2.75, 3.05) is 20.3 Å². The third-order valence-corrected chi connectivity index (χ3v) is 5.67. The van der Waals surface area contributed by atoms with Crippen molar-refractivity contribution in [3.63, 3.8) is 0 Å². The molecule has 0 atom stereocenters. The van der Waals surface area contributed by atoms with Crippen molar-refractivity contribution in [1.29, 1.82) is 0 Å². The van der Waals surface area contributed by atoms with Gasteiger partial charge in [-0.15, -0.1) is 0 Å². The molecule has 9 heteroatoms. The molecule has 3 aromatic carbocycles. The Balaban J connectivity index is 1.70. The number of carbonyl (C=O) groups is 1. The van der Waals surface area contributed by atoms with Gasteiger partial charge in [0.2, 0.25) is 0 Å². The van der Waals surface area contributed by atoms with Crippen molar-refractivity contribution >= 4 is 34.7 Å². The van der Waals surface area contributed by atoms with E-state index in [1.54, 1.807) is 36.4 Å². The van der Waals surface area contributed by atoms with E-state index in [9.17, 15) is 9.18 Å². The summed E-state index contributed by atoms with van der Waals surface area (Å²) in [6, 6.07) is 14.8. The number of hydrogen-bond acceptors (Lipinski definition) is 6. The van der Waals surface area contributed by atoms with Crippen LogP contribution in [0.5, 0.6) is 23.0 Å². The Morgan fingerprint density at radius 2 is 1.86 bits per heavy atom. The standard InChI is InChI=1S/C27H28FIN2O5/c1-4-11-35-23-10-9-20(15-24(23)33-3)27(32)31-30-16-19-13-22(29)26(25(14-19)34-5-2)36-17-18-7-6-8-21(28)12-18/h6-10,12-16H,4-5,11,17H2,1-3H3,(H,31,32)/b30-16+. The molecule has 0 radical (unpaired) electrons. The average Bonchev–Trinajstić information content (AvgIpc) is 2.87. The molecule has 0 aliphatic heterocycles. The summed E-state index contributed by atoms with van der Waals surface area (Å²) in [4.78, 5) is 12.6. The normalized spacial score (nSPS) is 10.8. The number of hydrogen-bond donors (Lipinski definition) is 1. The van der Waals surface area contributed by atoms with E-state index in [1.807, 2.05) is 19.9 Å². The zero-order valence-corrected chi connectivity index (χ0v) is 22.5. The van der Waals surface area contributed by atoms with E-state index >= 15 is 0 Å². The minimum Gasteiger partial charge on any atom is -0.493 e. The number of nitrogens with zero attached hydrogens (tertiary/aromatic N) is 1. The van der Waals surface area contributed by atoms with Crippen LogP contribution in [-0.4, -0.2) is 32.4 Å². The van der Waals surface area contributed by atoms with Crippen molar-refractivity contribution in [2.24, 2.45) is 5.10 Å². The first-order valence-corrected chi connectivity index (χ1v) is 12.5. The second kappa shape index (κ2) is 13.7. The van der Waals surface area contributed by atoms with Gasteiger partial charge in [0, 0.05) is 5.56 Å². The van der Waals surface area contributed by atoms with Gasteiger partial charge in [0.1, 0.15) is 12.4 Å². The molecule has 0 aliphatic rings. The molecule has 0 heterocycles. The molecule has 0 saturated heterocycles. The Hall–Kier alpha value is -3.34. The Bertz CT molecular complexity index is 1220. The third kappa shape index (κ3) is 7.58. The lowest BCUT2D eigenvalue weighted by molar-refractivity contribution is 0.0954. The molecule has 0 fully saturated rings. The number of halogens is 2. The maximum absolute atomic E-state index is 13.5. The molecule has 7 nitrogen and oxygen atoms in total. The Morgan fingerprint density at radius 3 is 2.58 bits per heavy atom. The fraction of sp³-hybridized carbons (Fsp3) is 0.259. The summed E-state index contributed by atoms with van der Waals surface area (Å²) < 4.78 is 36.9. The highest BCUT2D eigenvalue weighted by atomic mass is 127. The van der Waals surface area contributed by atoms with E-state index in [1.165, 1.54) is 25.5 Å². The molecule has 0 unspecified atom stereocenters. The van der Waals surface area contributed by atoms with Crippen LogP contribution in [0.2, 0.25) is 0 Å². The van der Waals surface area contributed by atoms with Crippen LogP contribution in [0.3, 0.4) is 0 Å². The van der Waals surface area contributed by atoms with E-state index < -0.39 is 0 Å². The predicted molar refractivity (Wildman–Crippen MR) is 145 cm³/mol. The number of hydrazone groups is 1. The molecule has 0 aliphatic carbocycles. The van der Waals surface area contributed by atoms with Crippen molar-refractivity contribution < 1.29 is 28.1 Å². The van der Waals surface area contributed by atoms with Gasteiger partial charge in [-0.05, 0) is 89.5 Å². The SMILES string of the molecule is CCCOc1ccc(C(=O)N/N=C/c2cc(I)c(OCc3cccc(F)c3)c(OCC)c2)cc1OC. The number of methoxy groups -OCH3 is 1. The van der Waals surface area contributed by atoms with Gasteiger partial charge in [-0.2, -0.15) is 5.10 Å². The lowest BCUT2D eigenvalue weighted by atomic mass is 10.2. The largest absolute Gasteiger partial charge is 0.493 e. The average molecular weight is 606 g/mol. The zero-order chi connectivity index (χ0) is 25.9. The first-order chi connectivity index (χ1) is 17.4. The molecule has 190 valence electrons.